The van der Waals surface area contributed by atoms with Crippen LogP contribution < -0.4 is 10.0 Å². The Hall–Kier alpha value is -3.46. The first kappa shape index (κ1) is 17.9. The molecule has 0 aliphatic carbocycles. The molecule has 142 valence electrons. The number of aromatic amines is 1. The highest BCUT2D eigenvalue weighted by Gasteiger charge is 2.15. The SMILES string of the molecule is CCS(=O)(=O)Nc1cccc2[nH]c(NC(=O)c3cc4ccccc4cn3)nc12. The van der Waals surface area contributed by atoms with Crippen molar-refractivity contribution in [2.45, 2.75) is 6.92 Å². The zero-order valence-electron chi connectivity index (χ0n) is 14.9. The summed E-state index contributed by atoms with van der Waals surface area (Å²) in [5.41, 5.74) is 1.62. The van der Waals surface area contributed by atoms with Crippen LogP contribution in [0, 0.1) is 0 Å². The van der Waals surface area contributed by atoms with Crippen LogP contribution in [0.15, 0.2) is 54.7 Å². The number of benzene rings is 2. The standard InChI is InChI=1S/C19H17N5O3S/c1-2-28(26,27)24-15-9-5-8-14-17(15)22-19(21-14)23-18(25)16-10-12-6-3-4-7-13(12)11-20-16/h3-11,24H,2H2,1H3,(H2,21,22,23,25). The number of carbonyl (C=O) groups excluding carboxylic acids is 1. The van der Waals surface area contributed by atoms with E-state index in [0.29, 0.717) is 16.7 Å². The molecule has 0 atom stereocenters. The summed E-state index contributed by atoms with van der Waals surface area (Å²) in [5, 5.41) is 4.52. The zero-order valence-corrected chi connectivity index (χ0v) is 15.7. The molecule has 2 heterocycles. The summed E-state index contributed by atoms with van der Waals surface area (Å²) in [6.07, 6.45) is 1.64. The van der Waals surface area contributed by atoms with Crippen LogP contribution in [0.5, 0.6) is 0 Å². The number of aromatic nitrogens is 3. The Bertz CT molecular complexity index is 1300. The zero-order chi connectivity index (χ0) is 19.7. The van der Waals surface area contributed by atoms with E-state index in [4.69, 9.17) is 0 Å². The third-order valence-corrected chi connectivity index (χ3v) is 5.54. The molecule has 0 saturated heterocycles. The second-order valence-electron chi connectivity index (χ2n) is 6.16. The molecule has 0 fully saturated rings. The average Bonchev–Trinajstić information content (AvgIpc) is 3.11. The number of pyridine rings is 1. The third kappa shape index (κ3) is 3.52. The molecule has 1 amide bonds. The second-order valence-corrected chi connectivity index (χ2v) is 8.17. The third-order valence-electron chi connectivity index (χ3n) is 4.25. The van der Waals surface area contributed by atoms with Gasteiger partial charge in [-0.1, -0.05) is 30.3 Å². The lowest BCUT2D eigenvalue weighted by Gasteiger charge is -2.05. The van der Waals surface area contributed by atoms with Crippen LogP contribution in [0.2, 0.25) is 0 Å². The number of imidazole rings is 1. The smallest absolute Gasteiger partial charge is 0.276 e. The average molecular weight is 395 g/mol. The van der Waals surface area contributed by atoms with Gasteiger partial charge in [0, 0.05) is 11.6 Å². The van der Waals surface area contributed by atoms with Crippen LogP contribution in [-0.4, -0.2) is 35.0 Å². The lowest BCUT2D eigenvalue weighted by Crippen LogP contribution is -2.15. The molecule has 3 N–H and O–H groups in total. The van der Waals surface area contributed by atoms with Crippen molar-refractivity contribution in [3.05, 3.63) is 60.4 Å². The van der Waals surface area contributed by atoms with E-state index in [1.807, 2.05) is 24.3 Å². The van der Waals surface area contributed by atoms with Crippen LogP contribution in [0.1, 0.15) is 17.4 Å². The largest absolute Gasteiger partial charge is 0.324 e. The molecule has 2 aromatic carbocycles. The molecule has 2 aromatic heterocycles. The van der Waals surface area contributed by atoms with Gasteiger partial charge in [0.1, 0.15) is 11.2 Å². The molecule has 0 radical (unpaired) electrons. The number of fused-ring (bicyclic) bond motifs is 2. The number of carbonyl (C=O) groups is 1. The number of nitrogens with one attached hydrogen (secondary N) is 3. The maximum Gasteiger partial charge on any atom is 0.276 e. The Morgan fingerprint density at radius 1 is 1.11 bits per heavy atom. The number of rotatable bonds is 5. The predicted molar refractivity (Wildman–Crippen MR) is 109 cm³/mol. The van der Waals surface area contributed by atoms with Crippen LogP contribution in [0.4, 0.5) is 11.6 Å². The van der Waals surface area contributed by atoms with Crippen molar-refractivity contribution in [3.63, 3.8) is 0 Å². The van der Waals surface area contributed by atoms with Crippen molar-refractivity contribution in [1.82, 2.24) is 15.0 Å². The topological polar surface area (TPSA) is 117 Å². The number of hydrogen-bond acceptors (Lipinski definition) is 5. The van der Waals surface area contributed by atoms with Gasteiger partial charge in [-0.2, -0.15) is 0 Å². The Kier molecular flexibility index (Phi) is 4.44. The number of H-pyrrole nitrogens is 1. The molecule has 4 rings (SSSR count). The van der Waals surface area contributed by atoms with E-state index in [9.17, 15) is 13.2 Å². The van der Waals surface area contributed by atoms with Gasteiger partial charge in [0.2, 0.25) is 16.0 Å². The molecule has 8 nitrogen and oxygen atoms in total. The summed E-state index contributed by atoms with van der Waals surface area (Å²) >= 11 is 0. The van der Waals surface area contributed by atoms with Gasteiger partial charge in [-0.05, 0) is 30.5 Å². The summed E-state index contributed by atoms with van der Waals surface area (Å²) in [6, 6.07) is 14.4. The Morgan fingerprint density at radius 2 is 1.89 bits per heavy atom. The summed E-state index contributed by atoms with van der Waals surface area (Å²) in [7, 11) is -3.44. The molecule has 0 aliphatic heterocycles. The van der Waals surface area contributed by atoms with Crippen LogP contribution >= 0.6 is 0 Å². The lowest BCUT2D eigenvalue weighted by molar-refractivity contribution is 0.102. The predicted octanol–water partition coefficient (Wildman–Crippen LogP) is 3.13. The maximum atomic E-state index is 12.5. The Labute approximate surface area is 161 Å². The van der Waals surface area contributed by atoms with E-state index in [0.717, 1.165) is 10.8 Å². The highest BCUT2D eigenvalue weighted by Crippen LogP contribution is 2.24. The number of amides is 1. The van der Waals surface area contributed by atoms with Gasteiger partial charge in [-0.15, -0.1) is 0 Å². The fourth-order valence-corrected chi connectivity index (χ4v) is 3.44. The molecule has 0 spiro atoms. The van der Waals surface area contributed by atoms with Gasteiger partial charge < -0.3 is 4.98 Å². The van der Waals surface area contributed by atoms with Crippen molar-refractivity contribution in [2.75, 3.05) is 15.8 Å². The summed E-state index contributed by atoms with van der Waals surface area (Å²) < 4.78 is 26.2. The fraction of sp³-hybridized carbons (Fsp3) is 0.105. The van der Waals surface area contributed by atoms with Crippen molar-refractivity contribution in [2.24, 2.45) is 0 Å². The van der Waals surface area contributed by atoms with Crippen molar-refractivity contribution >= 4 is 49.4 Å². The fourth-order valence-electron chi connectivity index (χ4n) is 2.79. The van der Waals surface area contributed by atoms with E-state index in [2.05, 4.69) is 25.0 Å². The molecular weight excluding hydrogens is 378 g/mol. The van der Waals surface area contributed by atoms with E-state index >= 15 is 0 Å². The summed E-state index contributed by atoms with van der Waals surface area (Å²) in [5.74, 6) is -0.260. The second kappa shape index (κ2) is 6.93. The minimum Gasteiger partial charge on any atom is -0.324 e. The monoisotopic (exact) mass is 395 g/mol. The van der Waals surface area contributed by atoms with Crippen LogP contribution in [0.25, 0.3) is 21.8 Å². The number of hydrogen-bond donors (Lipinski definition) is 3. The molecule has 0 bridgehead atoms. The number of sulfonamides is 1. The molecule has 0 unspecified atom stereocenters. The van der Waals surface area contributed by atoms with Gasteiger partial charge in [-0.3, -0.25) is 19.8 Å². The van der Waals surface area contributed by atoms with Gasteiger partial charge in [-0.25, -0.2) is 13.4 Å². The molecule has 0 aliphatic rings. The highest BCUT2D eigenvalue weighted by atomic mass is 32.2. The minimum absolute atomic E-state index is 0.0506. The van der Waals surface area contributed by atoms with E-state index in [-0.39, 0.29) is 17.4 Å². The molecule has 28 heavy (non-hydrogen) atoms. The summed E-state index contributed by atoms with van der Waals surface area (Å²) in [4.78, 5) is 24.0. The van der Waals surface area contributed by atoms with Crippen LogP contribution in [-0.2, 0) is 10.0 Å². The summed E-state index contributed by atoms with van der Waals surface area (Å²) in [6.45, 7) is 1.55. The van der Waals surface area contributed by atoms with E-state index < -0.39 is 15.9 Å². The maximum absolute atomic E-state index is 12.5. The number of nitrogens with zero attached hydrogens (tertiary/aromatic N) is 2. The molecule has 0 saturated carbocycles. The first-order chi connectivity index (χ1) is 13.4. The normalized spacial score (nSPS) is 11.6. The first-order valence-electron chi connectivity index (χ1n) is 8.60. The molecule has 4 aromatic rings. The van der Waals surface area contributed by atoms with Gasteiger partial charge in [0.25, 0.3) is 5.91 Å². The van der Waals surface area contributed by atoms with Crippen molar-refractivity contribution in [3.8, 4) is 0 Å². The Morgan fingerprint density at radius 3 is 2.68 bits per heavy atom. The van der Waals surface area contributed by atoms with Crippen molar-refractivity contribution < 1.29 is 13.2 Å². The molecular formula is C19H17N5O3S. The van der Waals surface area contributed by atoms with Gasteiger partial charge in [0.05, 0.1) is 17.0 Å². The van der Waals surface area contributed by atoms with Crippen LogP contribution in [0.3, 0.4) is 0 Å². The minimum atomic E-state index is -3.44. The number of anilines is 2. The van der Waals surface area contributed by atoms with Gasteiger partial charge >= 0.3 is 0 Å². The highest BCUT2D eigenvalue weighted by molar-refractivity contribution is 7.92. The number of para-hydroxylation sites is 1. The van der Waals surface area contributed by atoms with Gasteiger partial charge in [0.15, 0.2) is 0 Å². The first-order valence-corrected chi connectivity index (χ1v) is 10.3. The van der Waals surface area contributed by atoms with Crippen molar-refractivity contribution in [1.29, 1.82) is 0 Å². The quantitative estimate of drug-likeness (QED) is 0.480. The van der Waals surface area contributed by atoms with E-state index in [1.165, 1.54) is 0 Å². The van der Waals surface area contributed by atoms with E-state index in [1.54, 1.807) is 37.4 Å². The lowest BCUT2D eigenvalue weighted by atomic mass is 10.1. The Balaban J connectivity index is 1.63. The molecule has 9 heteroatoms.